The maximum Gasteiger partial charge on any atom is 0.276 e. The number of para-hydroxylation sites is 1. The molecule has 4 nitrogen and oxygen atoms in total. The van der Waals surface area contributed by atoms with Crippen molar-refractivity contribution in [3.05, 3.63) is 46.0 Å². The van der Waals surface area contributed by atoms with Crippen LogP contribution in [-0.4, -0.2) is 15.8 Å². The minimum absolute atomic E-state index is 0.0871. The van der Waals surface area contributed by atoms with Crippen molar-refractivity contribution in [2.24, 2.45) is 0 Å². The molecule has 0 aromatic heterocycles. The fourth-order valence-electron chi connectivity index (χ4n) is 1.28. The van der Waals surface area contributed by atoms with E-state index in [1.807, 2.05) is 6.08 Å². The smallest absolute Gasteiger partial charge is 0.276 e. The largest absolute Gasteiger partial charge is 0.288 e. The Balaban J connectivity index is 2.59. The fraction of sp³-hybridized carbons (Fsp3) is 0.250. The Bertz CT molecular complexity index is 443. The summed E-state index contributed by atoms with van der Waals surface area (Å²) in [5, 5.41) is 10.8. The van der Waals surface area contributed by atoms with Crippen LogP contribution in [0.1, 0.15) is 18.9 Å². The minimum atomic E-state index is -0.399. The molecular formula is C12H13NO3S. The lowest BCUT2D eigenvalue weighted by Gasteiger charge is -1.96. The summed E-state index contributed by atoms with van der Waals surface area (Å²) >= 11 is 1.25. The number of rotatable bonds is 5. The highest BCUT2D eigenvalue weighted by Crippen LogP contribution is 2.19. The fourth-order valence-corrected chi connectivity index (χ4v) is 1.82. The summed E-state index contributed by atoms with van der Waals surface area (Å²) in [6.45, 7) is 1.52. The molecule has 0 atom stereocenters. The summed E-state index contributed by atoms with van der Waals surface area (Å²) in [5.41, 5.74) is 0.688. The summed E-state index contributed by atoms with van der Waals surface area (Å²) in [6, 6.07) is 6.58. The van der Waals surface area contributed by atoms with E-state index in [1.165, 1.54) is 24.8 Å². The number of carbonyl (C=O) groups is 1. The van der Waals surface area contributed by atoms with Gasteiger partial charge in [-0.15, -0.1) is 0 Å². The third-order valence-electron chi connectivity index (χ3n) is 2.02. The molecule has 0 aliphatic heterocycles. The van der Waals surface area contributed by atoms with Gasteiger partial charge in [-0.25, -0.2) is 0 Å². The molecule has 1 rings (SSSR count). The van der Waals surface area contributed by atoms with E-state index >= 15 is 0 Å². The maximum absolute atomic E-state index is 10.7. The zero-order chi connectivity index (χ0) is 12.7. The molecule has 5 heteroatoms. The summed E-state index contributed by atoms with van der Waals surface area (Å²) in [6.07, 6.45) is 4.29. The van der Waals surface area contributed by atoms with E-state index in [0.717, 1.165) is 6.42 Å². The van der Waals surface area contributed by atoms with Gasteiger partial charge in [-0.3, -0.25) is 14.9 Å². The molecule has 17 heavy (non-hydrogen) atoms. The van der Waals surface area contributed by atoms with Crippen LogP contribution in [0.15, 0.2) is 30.3 Å². The number of benzene rings is 1. The highest BCUT2D eigenvalue weighted by Gasteiger charge is 2.08. The molecule has 1 aromatic carbocycles. The van der Waals surface area contributed by atoms with Crippen LogP contribution in [0.5, 0.6) is 0 Å². The van der Waals surface area contributed by atoms with Crippen LogP contribution in [0.3, 0.4) is 0 Å². The topological polar surface area (TPSA) is 60.2 Å². The number of nitro benzene ring substituents is 1. The number of hydrogen-bond acceptors (Lipinski definition) is 4. The number of allylic oxidation sites excluding steroid dienone is 1. The van der Waals surface area contributed by atoms with Crippen LogP contribution in [0, 0.1) is 10.1 Å². The van der Waals surface area contributed by atoms with E-state index in [1.54, 1.807) is 24.3 Å². The van der Waals surface area contributed by atoms with E-state index in [2.05, 4.69) is 0 Å². The second-order valence-corrected chi connectivity index (χ2v) is 4.62. The predicted molar refractivity (Wildman–Crippen MR) is 69.9 cm³/mol. The average molecular weight is 251 g/mol. The van der Waals surface area contributed by atoms with E-state index in [-0.39, 0.29) is 10.8 Å². The first-order valence-electron chi connectivity index (χ1n) is 5.14. The van der Waals surface area contributed by atoms with E-state index in [4.69, 9.17) is 0 Å². The summed E-state index contributed by atoms with van der Waals surface area (Å²) < 4.78 is 0. The molecule has 0 fully saturated rings. The van der Waals surface area contributed by atoms with Crippen molar-refractivity contribution in [1.82, 2.24) is 0 Å². The number of carbonyl (C=O) groups excluding carboxylic acids is 1. The Morgan fingerprint density at radius 1 is 1.47 bits per heavy atom. The van der Waals surface area contributed by atoms with Crippen molar-refractivity contribution < 1.29 is 9.72 Å². The van der Waals surface area contributed by atoms with Gasteiger partial charge in [0.15, 0.2) is 5.12 Å². The molecule has 0 aliphatic carbocycles. The molecule has 0 unspecified atom stereocenters. The van der Waals surface area contributed by atoms with Gasteiger partial charge in [0.2, 0.25) is 0 Å². The third-order valence-corrected chi connectivity index (χ3v) is 2.87. The van der Waals surface area contributed by atoms with Crippen LogP contribution in [-0.2, 0) is 4.79 Å². The van der Waals surface area contributed by atoms with Gasteiger partial charge >= 0.3 is 0 Å². The monoisotopic (exact) mass is 251 g/mol. The maximum atomic E-state index is 10.7. The second-order valence-electron chi connectivity index (χ2n) is 3.35. The molecular weight excluding hydrogens is 238 g/mol. The first kappa shape index (κ1) is 13.4. The van der Waals surface area contributed by atoms with Crippen molar-refractivity contribution in [3.63, 3.8) is 0 Å². The van der Waals surface area contributed by atoms with Gasteiger partial charge in [-0.05, 0) is 12.5 Å². The summed E-state index contributed by atoms with van der Waals surface area (Å²) in [7, 11) is 0. The second kappa shape index (κ2) is 6.85. The third kappa shape index (κ3) is 4.82. The number of nitro groups is 1. The minimum Gasteiger partial charge on any atom is -0.288 e. The van der Waals surface area contributed by atoms with E-state index in [0.29, 0.717) is 11.3 Å². The molecule has 0 saturated carbocycles. The lowest BCUT2D eigenvalue weighted by Crippen LogP contribution is -1.90. The normalized spacial score (nSPS) is 10.6. The van der Waals surface area contributed by atoms with Crippen LogP contribution >= 0.6 is 11.8 Å². The highest BCUT2D eigenvalue weighted by molar-refractivity contribution is 8.13. The molecule has 90 valence electrons. The molecule has 0 aliphatic rings. The summed E-state index contributed by atoms with van der Waals surface area (Å²) in [4.78, 5) is 21.0. The van der Waals surface area contributed by atoms with Crippen LogP contribution < -0.4 is 0 Å². The first-order chi connectivity index (χ1) is 8.11. The zero-order valence-corrected chi connectivity index (χ0v) is 10.3. The molecule has 0 N–H and O–H groups in total. The number of hydrogen-bond donors (Lipinski definition) is 0. The van der Waals surface area contributed by atoms with E-state index < -0.39 is 4.92 Å². The molecule has 0 spiro atoms. The molecule has 0 saturated heterocycles. The Labute approximate surface area is 104 Å². The van der Waals surface area contributed by atoms with Crippen molar-refractivity contribution in [3.8, 4) is 0 Å². The van der Waals surface area contributed by atoms with E-state index in [9.17, 15) is 14.9 Å². The lowest BCUT2D eigenvalue weighted by atomic mass is 10.1. The number of nitrogens with zero attached hydrogens (tertiary/aromatic N) is 1. The van der Waals surface area contributed by atoms with Crippen molar-refractivity contribution in [2.75, 3.05) is 5.75 Å². The number of thioether (sulfide) groups is 1. The Hall–Kier alpha value is -1.62. The van der Waals surface area contributed by atoms with Gasteiger partial charge in [0.05, 0.1) is 10.5 Å². The van der Waals surface area contributed by atoms with Gasteiger partial charge in [0.1, 0.15) is 0 Å². The highest BCUT2D eigenvalue weighted by atomic mass is 32.2. The van der Waals surface area contributed by atoms with Crippen LogP contribution in [0.4, 0.5) is 5.69 Å². The van der Waals surface area contributed by atoms with Gasteiger partial charge in [-0.2, -0.15) is 0 Å². The first-order valence-corrected chi connectivity index (χ1v) is 6.13. The van der Waals surface area contributed by atoms with Crippen LogP contribution in [0.25, 0.3) is 6.08 Å². The molecule has 0 amide bonds. The Morgan fingerprint density at radius 2 is 2.18 bits per heavy atom. The van der Waals surface area contributed by atoms with Gasteiger partial charge in [-0.1, -0.05) is 36.0 Å². The average Bonchev–Trinajstić information content (AvgIpc) is 2.28. The zero-order valence-electron chi connectivity index (χ0n) is 9.46. The Morgan fingerprint density at radius 3 is 2.82 bits per heavy atom. The van der Waals surface area contributed by atoms with Crippen LogP contribution in [0.2, 0.25) is 0 Å². The molecule has 0 heterocycles. The standard InChI is InChI=1S/C12H13NO3S/c1-10(14)17-9-5-4-7-11-6-2-3-8-12(11)13(15)16/h2-4,6-8H,5,9H2,1H3. The van der Waals surface area contributed by atoms with Crippen molar-refractivity contribution in [2.45, 2.75) is 13.3 Å². The Kier molecular flexibility index (Phi) is 5.42. The van der Waals surface area contributed by atoms with Crippen molar-refractivity contribution >= 4 is 28.6 Å². The SMILES string of the molecule is CC(=O)SCCC=Cc1ccccc1[N+](=O)[O-]. The molecule has 1 aromatic rings. The van der Waals surface area contributed by atoms with Gasteiger partial charge < -0.3 is 0 Å². The van der Waals surface area contributed by atoms with Gasteiger partial charge in [0.25, 0.3) is 5.69 Å². The quantitative estimate of drug-likeness (QED) is 0.457. The molecule has 0 bridgehead atoms. The summed E-state index contributed by atoms with van der Waals surface area (Å²) in [5.74, 6) is 0.701. The predicted octanol–water partition coefficient (Wildman–Crippen LogP) is 3.28. The van der Waals surface area contributed by atoms with Crippen molar-refractivity contribution in [1.29, 1.82) is 0 Å². The molecule has 0 radical (unpaired) electrons. The lowest BCUT2D eigenvalue weighted by molar-refractivity contribution is -0.385. The van der Waals surface area contributed by atoms with Gasteiger partial charge in [0, 0.05) is 18.7 Å².